The molecule has 0 spiro atoms. The monoisotopic (exact) mass is 487 g/mol. The first-order valence-corrected chi connectivity index (χ1v) is 12.8. The molecule has 0 amide bonds. The van der Waals surface area contributed by atoms with Crippen LogP contribution in [0.15, 0.2) is 47.6 Å². The molecule has 2 aromatic rings. The van der Waals surface area contributed by atoms with Crippen LogP contribution in [0.1, 0.15) is 31.9 Å². The maximum absolute atomic E-state index is 13.5. The molecule has 0 fully saturated rings. The van der Waals surface area contributed by atoms with Crippen LogP contribution in [-0.2, 0) is 16.6 Å². The molecular weight excluding hydrogens is 454 g/mol. The largest absolute Gasteiger partial charge is 0.487 e. The average Bonchev–Trinajstić information content (AvgIpc) is 2.80. The number of nitrogens with zero attached hydrogens (tertiary/aromatic N) is 3. The number of sulfonamides is 1. The summed E-state index contributed by atoms with van der Waals surface area (Å²) < 4.78 is 34.7. The summed E-state index contributed by atoms with van der Waals surface area (Å²) in [6, 6.07) is 8.03. The molecule has 8 nitrogen and oxygen atoms in total. The lowest BCUT2D eigenvalue weighted by molar-refractivity contribution is 0.0733. The van der Waals surface area contributed by atoms with E-state index in [-0.39, 0.29) is 35.8 Å². The van der Waals surface area contributed by atoms with Crippen LogP contribution in [0.25, 0.3) is 0 Å². The van der Waals surface area contributed by atoms with Gasteiger partial charge in [-0.05, 0) is 56.8 Å². The zero-order chi connectivity index (χ0) is 24.9. The van der Waals surface area contributed by atoms with Gasteiger partial charge >= 0.3 is 0 Å². The topological polar surface area (TPSA) is 103 Å². The van der Waals surface area contributed by atoms with Crippen LogP contribution in [0.4, 0.5) is 0 Å². The fourth-order valence-electron chi connectivity index (χ4n) is 3.88. The van der Waals surface area contributed by atoms with Crippen molar-refractivity contribution in [2.45, 2.75) is 50.5 Å². The third-order valence-electron chi connectivity index (χ3n) is 5.79. The van der Waals surface area contributed by atoms with Crippen molar-refractivity contribution in [1.82, 2.24) is 14.2 Å². The predicted octanol–water partition coefficient (Wildman–Crippen LogP) is 1.71. The van der Waals surface area contributed by atoms with Crippen molar-refractivity contribution in [2.24, 2.45) is 5.92 Å². The second-order valence-electron chi connectivity index (χ2n) is 8.90. The first-order chi connectivity index (χ1) is 16.1. The summed E-state index contributed by atoms with van der Waals surface area (Å²) in [5, 5.41) is 19.3. The zero-order valence-corrected chi connectivity index (χ0v) is 20.9. The number of likely N-dealkylation sites (N-methyl/N-ethyl adjacent to an activating group) is 1. The molecule has 1 aliphatic rings. The number of benzene rings is 1. The Labute approximate surface area is 202 Å². The van der Waals surface area contributed by atoms with Gasteiger partial charge in [0.1, 0.15) is 22.9 Å². The van der Waals surface area contributed by atoms with E-state index in [1.807, 2.05) is 26.1 Å². The van der Waals surface area contributed by atoms with Crippen LogP contribution in [0.2, 0.25) is 0 Å². The van der Waals surface area contributed by atoms with Gasteiger partial charge in [0.25, 0.3) is 0 Å². The summed E-state index contributed by atoms with van der Waals surface area (Å²) in [7, 11) is -1.91. The normalized spacial score (nSPS) is 21.9. The Morgan fingerprint density at radius 1 is 1.26 bits per heavy atom. The summed E-state index contributed by atoms with van der Waals surface area (Å²) in [5.41, 5.74) is 1.67. The molecule has 0 bridgehead atoms. The van der Waals surface area contributed by atoms with Crippen LogP contribution in [0, 0.1) is 17.8 Å². The highest BCUT2D eigenvalue weighted by molar-refractivity contribution is 7.89. The summed E-state index contributed by atoms with van der Waals surface area (Å²) in [6.07, 6.45) is 2.39. The fraction of sp³-hybridized carbons (Fsp3) is 0.480. The second-order valence-corrected chi connectivity index (χ2v) is 10.8. The van der Waals surface area contributed by atoms with E-state index in [1.165, 1.54) is 10.4 Å². The lowest BCUT2D eigenvalue weighted by atomic mass is 10.0. The SMILES string of the molecule is C[C@@H](O)C#Cc1ccc2c(c1)O[C@@H](CN(C)Cc1ccncc1)[C@@H](C)CN([C@@H](C)CO)S2(=O)=O. The molecule has 9 heteroatoms. The Bertz CT molecular complexity index is 1130. The molecule has 0 saturated heterocycles. The van der Waals surface area contributed by atoms with E-state index in [2.05, 4.69) is 21.7 Å². The van der Waals surface area contributed by atoms with Gasteiger partial charge in [-0.2, -0.15) is 4.31 Å². The summed E-state index contributed by atoms with van der Waals surface area (Å²) in [5.74, 6) is 5.61. The first-order valence-electron chi connectivity index (χ1n) is 11.3. The molecule has 4 atom stereocenters. The van der Waals surface area contributed by atoms with E-state index in [1.54, 1.807) is 38.4 Å². The second kappa shape index (κ2) is 11.3. The van der Waals surface area contributed by atoms with Crippen molar-refractivity contribution in [2.75, 3.05) is 26.7 Å². The van der Waals surface area contributed by atoms with E-state index in [4.69, 9.17) is 4.74 Å². The molecular formula is C25H33N3O5S. The molecule has 2 heterocycles. The Morgan fingerprint density at radius 3 is 2.62 bits per heavy atom. The van der Waals surface area contributed by atoms with Gasteiger partial charge in [-0.1, -0.05) is 18.8 Å². The van der Waals surface area contributed by atoms with E-state index in [0.717, 1.165) is 5.56 Å². The van der Waals surface area contributed by atoms with Crippen molar-refractivity contribution >= 4 is 10.0 Å². The number of rotatable bonds is 6. The Morgan fingerprint density at radius 2 is 1.97 bits per heavy atom. The van der Waals surface area contributed by atoms with Crippen LogP contribution in [0.3, 0.4) is 0 Å². The van der Waals surface area contributed by atoms with Crippen LogP contribution < -0.4 is 4.74 Å². The van der Waals surface area contributed by atoms with Crippen LogP contribution in [-0.4, -0.2) is 77.8 Å². The van der Waals surface area contributed by atoms with E-state index in [0.29, 0.717) is 18.7 Å². The molecule has 0 aliphatic carbocycles. The van der Waals surface area contributed by atoms with Crippen molar-refractivity contribution in [3.8, 4) is 17.6 Å². The van der Waals surface area contributed by atoms with Crippen molar-refractivity contribution in [3.63, 3.8) is 0 Å². The van der Waals surface area contributed by atoms with Crippen molar-refractivity contribution in [3.05, 3.63) is 53.9 Å². The van der Waals surface area contributed by atoms with Gasteiger partial charge in [0.2, 0.25) is 10.0 Å². The van der Waals surface area contributed by atoms with E-state index >= 15 is 0 Å². The Balaban J connectivity index is 1.99. The number of fused-ring (bicyclic) bond motifs is 1. The molecule has 34 heavy (non-hydrogen) atoms. The minimum absolute atomic E-state index is 0.0454. The van der Waals surface area contributed by atoms with Gasteiger partial charge < -0.3 is 14.9 Å². The number of aliphatic hydroxyl groups is 2. The van der Waals surface area contributed by atoms with Gasteiger partial charge in [-0.15, -0.1) is 0 Å². The smallest absolute Gasteiger partial charge is 0.247 e. The third-order valence-corrected chi connectivity index (χ3v) is 7.81. The molecule has 2 N–H and O–H groups in total. The lowest BCUT2D eigenvalue weighted by Crippen LogP contribution is -2.49. The van der Waals surface area contributed by atoms with Gasteiger partial charge in [-0.25, -0.2) is 8.42 Å². The summed E-state index contributed by atoms with van der Waals surface area (Å²) >= 11 is 0. The zero-order valence-electron chi connectivity index (χ0n) is 20.0. The maximum atomic E-state index is 13.5. The molecule has 184 valence electrons. The Hall–Kier alpha value is -2.48. The van der Waals surface area contributed by atoms with Crippen LogP contribution in [0.5, 0.6) is 5.75 Å². The number of pyridine rings is 1. The molecule has 0 radical (unpaired) electrons. The fourth-order valence-corrected chi connectivity index (χ4v) is 5.71. The number of hydrogen-bond acceptors (Lipinski definition) is 7. The third kappa shape index (κ3) is 6.34. The van der Waals surface area contributed by atoms with Gasteiger partial charge in [0.05, 0.1) is 6.61 Å². The summed E-state index contributed by atoms with van der Waals surface area (Å²) in [4.78, 5) is 6.23. The van der Waals surface area contributed by atoms with Crippen molar-refractivity contribution in [1.29, 1.82) is 0 Å². The first kappa shape index (κ1) is 26.1. The molecule has 1 aliphatic heterocycles. The molecule has 0 unspecified atom stereocenters. The quantitative estimate of drug-likeness (QED) is 0.598. The number of ether oxygens (including phenoxy) is 1. The van der Waals surface area contributed by atoms with Gasteiger partial charge in [0.15, 0.2) is 0 Å². The van der Waals surface area contributed by atoms with Gasteiger partial charge in [0, 0.05) is 49.6 Å². The number of aromatic nitrogens is 1. The molecule has 1 aromatic heterocycles. The Kier molecular flexibility index (Phi) is 8.68. The predicted molar refractivity (Wildman–Crippen MR) is 130 cm³/mol. The highest BCUT2D eigenvalue weighted by atomic mass is 32.2. The lowest BCUT2D eigenvalue weighted by Gasteiger charge is -2.37. The van der Waals surface area contributed by atoms with E-state index in [9.17, 15) is 18.6 Å². The van der Waals surface area contributed by atoms with Gasteiger partial charge in [-0.3, -0.25) is 9.88 Å². The minimum atomic E-state index is -3.91. The maximum Gasteiger partial charge on any atom is 0.247 e. The number of aliphatic hydroxyl groups excluding tert-OH is 2. The highest BCUT2D eigenvalue weighted by Crippen LogP contribution is 2.34. The van der Waals surface area contributed by atoms with Crippen LogP contribution >= 0.6 is 0 Å². The summed E-state index contributed by atoms with van der Waals surface area (Å²) in [6.45, 7) is 6.41. The van der Waals surface area contributed by atoms with Crippen molar-refractivity contribution < 1.29 is 23.4 Å². The standard InChI is InChI=1S/C25H33N3O5S/c1-18-14-28(19(2)17-29)34(31,32)25-8-7-21(6-5-20(3)30)13-23(25)33-24(18)16-27(4)15-22-9-11-26-12-10-22/h7-13,18-20,24,29-30H,14-17H2,1-4H3/t18-,19-,20+,24-/m0/s1. The van der Waals surface area contributed by atoms with E-state index < -0.39 is 22.2 Å². The highest BCUT2D eigenvalue weighted by Gasteiger charge is 2.38. The molecule has 0 saturated carbocycles. The molecule has 3 rings (SSSR count). The number of hydrogen-bond donors (Lipinski definition) is 2. The average molecular weight is 488 g/mol. The minimum Gasteiger partial charge on any atom is -0.487 e. The molecule has 1 aromatic carbocycles.